The molecular weight excluding hydrogens is 309 g/mol. The molecule has 0 spiro atoms. The number of hydrogen-bond donors (Lipinski definition) is 1. The van der Waals surface area contributed by atoms with Crippen molar-refractivity contribution in [1.29, 1.82) is 0 Å². The SMILES string of the molecule is CCCc1[nH]n(-c2ccc(F)cc2)c(=O)c1C(C)=NCCCOC. The molecule has 0 bridgehead atoms. The number of H-pyrrole nitrogens is 1. The number of aromatic amines is 1. The van der Waals surface area contributed by atoms with Crippen LogP contribution in [0.2, 0.25) is 0 Å². The maximum atomic E-state index is 13.1. The highest BCUT2D eigenvalue weighted by Gasteiger charge is 2.17. The van der Waals surface area contributed by atoms with Crippen molar-refractivity contribution >= 4 is 5.71 Å². The third-order valence-corrected chi connectivity index (χ3v) is 3.77. The molecule has 0 amide bonds. The first-order valence-corrected chi connectivity index (χ1v) is 8.18. The Labute approximate surface area is 141 Å². The van der Waals surface area contributed by atoms with E-state index in [-0.39, 0.29) is 11.4 Å². The normalized spacial score (nSPS) is 11.9. The van der Waals surface area contributed by atoms with E-state index in [4.69, 9.17) is 4.74 Å². The van der Waals surface area contributed by atoms with Crippen LogP contribution in [0.3, 0.4) is 0 Å². The molecule has 0 fully saturated rings. The average Bonchev–Trinajstić information content (AvgIpc) is 2.89. The summed E-state index contributed by atoms with van der Waals surface area (Å²) in [5, 5.41) is 3.15. The van der Waals surface area contributed by atoms with Crippen molar-refractivity contribution in [2.75, 3.05) is 20.3 Å². The molecule has 0 radical (unpaired) electrons. The van der Waals surface area contributed by atoms with Gasteiger partial charge in [-0.3, -0.25) is 14.9 Å². The van der Waals surface area contributed by atoms with Crippen LogP contribution in [0.4, 0.5) is 4.39 Å². The molecule has 24 heavy (non-hydrogen) atoms. The van der Waals surface area contributed by atoms with E-state index in [0.717, 1.165) is 30.7 Å². The Morgan fingerprint density at radius 2 is 2.04 bits per heavy atom. The number of halogens is 1. The summed E-state index contributed by atoms with van der Waals surface area (Å²) in [7, 11) is 1.66. The summed E-state index contributed by atoms with van der Waals surface area (Å²) >= 11 is 0. The van der Waals surface area contributed by atoms with Crippen LogP contribution in [0.1, 0.15) is 37.9 Å². The minimum absolute atomic E-state index is 0.155. The van der Waals surface area contributed by atoms with Gasteiger partial charge in [-0.25, -0.2) is 9.07 Å². The van der Waals surface area contributed by atoms with Gasteiger partial charge in [-0.15, -0.1) is 0 Å². The highest BCUT2D eigenvalue weighted by molar-refractivity contribution is 5.99. The molecule has 6 heteroatoms. The van der Waals surface area contributed by atoms with Gasteiger partial charge in [0.15, 0.2) is 0 Å². The standard InChI is InChI=1S/C18H24FN3O2/c1-4-6-16-17(13(2)20-11-5-12-24-3)18(23)22(21-16)15-9-7-14(19)8-10-15/h7-10,21H,4-6,11-12H2,1-3H3. The molecule has 0 atom stereocenters. The van der Waals surface area contributed by atoms with E-state index < -0.39 is 0 Å². The van der Waals surface area contributed by atoms with Gasteiger partial charge >= 0.3 is 0 Å². The van der Waals surface area contributed by atoms with Gasteiger partial charge in [-0.2, -0.15) is 0 Å². The number of ether oxygens (including phenoxy) is 1. The number of aliphatic imine (C=N–C) groups is 1. The van der Waals surface area contributed by atoms with Crippen molar-refractivity contribution in [3.8, 4) is 5.69 Å². The minimum Gasteiger partial charge on any atom is -0.385 e. The van der Waals surface area contributed by atoms with E-state index in [1.54, 1.807) is 19.2 Å². The zero-order valence-corrected chi connectivity index (χ0v) is 14.4. The molecule has 130 valence electrons. The Bertz CT molecular complexity index is 745. The van der Waals surface area contributed by atoms with E-state index >= 15 is 0 Å². The molecule has 1 aromatic heterocycles. The molecule has 0 aliphatic rings. The van der Waals surface area contributed by atoms with E-state index in [2.05, 4.69) is 17.0 Å². The van der Waals surface area contributed by atoms with E-state index in [1.165, 1.54) is 16.8 Å². The number of methoxy groups -OCH3 is 1. The number of benzene rings is 1. The van der Waals surface area contributed by atoms with Crippen LogP contribution in [0.15, 0.2) is 34.1 Å². The molecule has 2 aromatic rings. The minimum atomic E-state index is -0.330. The summed E-state index contributed by atoms with van der Waals surface area (Å²) < 4.78 is 19.6. The maximum absolute atomic E-state index is 13.1. The van der Waals surface area contributed by atoms with Gasteiger partial charge in [0.1, 0.15) is 5.82 Å². The lowest BCUT2D eigenvalue weighted by atomic mass is 10.1. The Balaban J connectivity index is 2.39. The number of rotatable bonds is 8. The predicted octanol–water partition coefficient (Wildman–Crippen LogP) is 3.10. The molecule has 1 heterocycles. The number of nitrogens with zero attached hydrogens (tertiary/aromatic N) is 2. The van der Waals surface area contributed by atoms with Gasteiger partial charge in [0.25, 0.3) is 5.56 Å². The molecule has 5 nitrogen and oxygen atoms in total. The van der Waals surface area contributed by atoms with Crippen LogP contribution < -0.4 is 5.56 Å². The van der Waals surface area contributed by atoms with Crippen molar-refractivity contribution in [3.05, 3.63) is 51.7 Å². The predicted molar refractivity (Wildman–Crippen MR) is 93.9 cm³/mol. The summed E-state index contributed by atoms with van der Waals surface area (Å²) in [6.45, 7) is 5.17. The summed E-state index contributed by atoms with van der Waals surface area (Å²) in [6.07, 6.45) is 2.48. The molecule has 0 saturated carbocycles. The van der Waals surface area contributed by atoms with Gasteiger partial charge in [-0.05, 0) is 44.0 Å². The molecule has 0 unspecified atom stereocenters. The first-order chi connectivity index (χ1) is 11.6. The number of aryl methyl sites for hydroxylation is 1. The van der Waals surface area contributed by atoms with Crippen molar-refractivity contribution in [2.24, 2.45) is 4.99 Å². The zero-order chi connectivity index (χ0) is 17.5. The smallest absolute Gasteiger partial charge is 0.280 e. The first kappa shape index (κ1) is 18.1. The molecule has 0 aliphatic heterocycles. The number of hydrogen-bond acceptors (Lipinski definition) is 3. The van der Waals surface area contributed by atoms with Crippen molar-refractivity contribution in [3.63, 3.8) is 0 Å². The Morgan fingerprint density at radius 3 is 2.67 bits per heavy atom. The van der Waals surface area contributed by atoms with Gasteiger partial charge in [-0.1, -0.05) is 13.3 Å². The second-order valence-corrected chi connectivity index (χ2v) is 5.65. The quantitative estimate of drug-likeness (QED) is 0.596. The second-order valence-electron chi connectivity index (χ2n) is 5.65. The number of nitrogens with one attached hydrogen (secondary N) is 1. The third kappa shape index (κ3) is 4.20. The van der Waals surface area contributed by atoms with E-state index in [9.17, 15) is 9.18 Å². The van der Waals surface area contributed by atoms with Gasteiger partial charge in [0.2, 0.25) is 0 Å². The second kappa shape index (κ2) is 8.59. The Kier molecular flexibility index (Phi) is 6.49. The molecule has 2 rings (SSSR count). The zero-order valence-electron chi connectivity index (χ0n) is 14.4. The van der Waals surface area contributed by atoms with Crippen LogP contribution in [-0.4, -0.2) is 35.8 Å². The maximum Gasteiger partial charge on any atom is 0.280 e. The lowest BCUT2D eigenvalue weighted by Gasteiger charge is -2.01. The van der Waals surface area contributed by atoms with E-state index in [1.807, 2.05) is 6.92 Å². The summed E-state index contributed by atoms with van der Waals surface area (Å²) in [5.41, 5.74) is 2.64. The summed E-state index contributed by atoms with van der Waals surface area (Å²) in [5.74, 6) is -0.330. The fourth-order valence-electron chi connectivity index (χ4n) is 2.59. The molecule has 0 saturated heterocycles. The van der Waals surface area contributed by atoms with Crippen LogP contribution >= 0.6 is 0 Å². The fourth-order valence-corrected chi connectivity index (χ4v) is 2.59. The first-order valence-electron chi connectivity index (χ1n) is 8.18. The Hall–Kier alpha value is -2.21. The highest BCUT2D eigenvalue weighted by Crippen LogP contribution is 2.12. The topological polar surface area (TPSA) is 59.4 Å². The van der Waals surface area contributed by atoms with Crippen LogP contribution in [0, 0.1) is 5.82 Å². The largest absolute Gasteiger partial charge is 0.385 e. The Morgan fingerprint density at radius 1 is 1.33 bits per heavy atom. The van der Waals surface area contributed by atoms with Crippen molar-refractivity contribution < 1.29 is 9.13 Å². The summed E-state index contributed by atoms with van der Waals surface area (Å²) in [4.78, 5) is 17.3. The van der Waals surface area contributed by atoms with Gasteiger partial charge < -0.3 is 4.74 Å². The van der Waals surface area contributed by atoms with E-state index in [0.29, 0.717) is 24.4 Å². The summed E-state index contributed by atoms with van der Waals surface area (Å²) in [6, 6.07) is 5.84. The van der Waals surface area contributed by atoms with Crippen molar-refractivity contribution in [1.82, 2.24) is 9.78 Å². The van der Waals surface area contributed by atoms with Crippen LogP contribution in [0.25, 0.3) is 5.69 Å². The fraction of sp³-hybridized carbons (Fsp3) is 0.444. The highest BCUT2D eigenvalue weighted by atomic mass is 19.1. The monoisotopic (exact) mass is 333 g/mol. The molecule has 1 aromatic carbocycles. The van der Waals surface area contributed by atoms with Crippen molar-refractivity contribution in [2.45, 2.75) is 33.1 Å². The molecule has 1 N–H and O–H groups in total. The van der Waals surface area contributed by atoms with Crippen LogP contribution in [0.5, 0.6) is 0 Å². The van der Waals surface area contributed by atoms with Crippen LogP contribution in [-0.2, 0) is 11.2 Å². The number of aromatic nitrogens is 2. The van der Waals surface area contributed by atoms with Gasteiger partial charge in [0.05, 0.1) is 11.3 Å². The molecular formula is C18H24FN3O2. The third-order valence-electron chi connectivity index (χ3n) is 3.77. The average molecular weight is 333 g/mol. The molecule has 0 aliphatic carbocycles. The lowest BCUT2D eigenvalue weighted by Crippen LogP contribution is -2.20. The lowest BCUT2D eigenvalue weighted by molar-refractivity contribution is 0.197. The van der Waals surface area contributed by atoms with Gasteiger partial charge in [0, 0.05) is 31.7 Å².